The molecule has 2 aromatic carbocycles. The first-order valence-corrected chi connectivity index (χ1v) is 9.49. The number of nitrogens with one attached hydrogen (secondary N) is 1. The molecule has 6 heteroatoms. The number of anilines is 1. The van der Waals surface area contributed by atoms with E-state index in [1.165, 1.54) is 0 Å². The van der Waals surface area contributed by atoms with Crippen LogP contribution in [0.4, 0.5) is 5.69 Å². The van der Waals surface area contributed by atoms with Gasteiger partial charge in [-0.15, -0.1) is 0 Å². The quantitative estimate of drug-likeness (QED) is 0.820. The van der Waals surface area contributed by atoms with E-state index in [1.54, 1.807) is 24.3 Å². The summed E-state index contributed by atoms with van der Waals surface area (Å²) >= 11 is 5.91. The molecule has 140 valence electrons. The van der Waals surface area contributed by atoms with Gasteiger partial charge in [0.1, 0.15) is 5.66 Å². The van der Waals surface area contributed by atoms with Crippen LogP contribution in [0.2, 0.25) is 5.02 Å². The van der Waals surface area contributed by atoms with Crippen LogP contribution in [0.25, 0.3) is 0 Å². The zero-order chi connectivity index (χ0) is 19.2. The van der Waals surface area contributed by atoms with E-state index in [4.69, 9.17) is 11.6 Å². The molecule has 0 aliphatic carbocycles. The molecule has 0 radical (unpaired) electrons. The molecule has 0 unspecified atom stereocenters. The number of aryl methyl sites for hydroxylation is 1. The molecule has 2 aromatic rings. The SMILES string of the molecule is Cc1ccc2c(c1)C(=O)NC1(CCN(C(=O)c3ccc(Cl)cc3)CC1)N2C. The van der Waals surface area contributed by atoms with Gasteiger partial charge < -0.3 is 15.1 Å². The first kappa shape index (κ1) is 17.9. The van der Waals surface area contributed by atoms with E-state index in [1.807, 2.05) is 37.1 Å². The lowest BCUT2D eigenvalue weighted by Crippen LogP contribution is -2.67. The van der Waals surface area contributed by atoms with Crippen LogP contribution in [0.3, 0.4) is 0 Å². The number of piperidine rings is 1. The van der Waals surface area contributed by atoms with Crippen molar-refractivity contribution >= 4 is 29.1 Å². The van der Waals surface area contributed by atoms with Crippen molar-refractivity contribution in [2.24, 2.45) is 0 Å². The van der Waals surface area contributed by atoms with Crippen LogP contribution in [0.5, 0.6) is 0 Å². The lowest BCUT2D eigenvalue weighted by Gasteiger charge is -2.51. The van der Waals surface area contributed by atoms with Gasteiger partial charge in [0.05, 0.1) is 11.3 Å². The second-order valence-electron chi connectivity index (χ2n) is 7.36. The van der Waals surface area contributed by atoms with Crippen LogP contribution in [0, 0.1) is 6.92 Å². The van der Waals surface area contributed by atoms with E-state index in [2.05, 4.69) is 10.2 Å². The van der Waals surface area contributed by atoms with Crippen molar-refractivity contribution in [2.45, 2.75) is 25.4 Å². The highest BCUT2D eigenvalue weighted by atomic mass is 35.5. The van der Waals surface area contributed by atoms with Crippen LogP contribution in [0.15, 0.2) is 42.5 Å². The second-order valence-corrected chi connectivity index (χ2v) is 7.80. The largest absolute Gasteiger partial charge is 0.351 e. The normalized spacial score (nSPS) is 18.3. The third-order valence-electron chi connectivity index (χ3n) is 5.72. The lowest BCUT2D eigenvalue weighted by atomic mass is 9.90. The third kappa shape index (κ3) is 3.06. The van der Waals surface area contributed by atoms with Crippen molar-refractivity contribution in [3.8, 4) is 0 Å². The van der Waals surface area contributed by atoms with Crippen molar-refractivity contribution in [3.63, 3.8) is 0 Å². The number of hydrogen-bond donors (Lipinski definition) is 1. The molecule has 1 N–H and O–H groups in total. The molecule has 2 aliphatic heterocycles. The minimum Gasteiger partial charge on any atom is -0.351 e. The second kappa shape index (κ2) is 6.57. The lowest BCUT2D eigenvalue weighted by molar-refractivity contribution is 0.0609. The molecule has 0 aromatic heterocycles. The smallest absolute Gasteiger partial charge is 0.255 e. The van der Waals surface area contributed by atoms with Crippen LogP contribution in [-0.4, -0.2) is 42.5 Å². The first-order chi connectivity index (χ1) is 12.9. The van der Waals surface area contributed by atoms with E-state index in [0.717, 1.165) is 11.3 Å². The molecule has 5 nitrogen and oxygen atoms in total. The number of carbonyl (C=O) groups is 2. The Labute approximate surface area is 163 Å². The maximum absolute atomic E-state index is 12.7. The van der Waals surface area contributed by atoms with Crippen molar-refractivity contribution in [3.05, 3.63) is 64.2 Å². The first-order valence-electron chi connectivity index (χ1n) is 9.11. The summed E-state index contributed by atoms with van der Waals surface area (Å²) in [5.74, 6) is -0.0355. The average molecular weight is 384 g/mol. The summed E-state index contributed by atoms with van der Waals surface area (Å²) in [5.41, 5.74) is 2.91. The Kier molecular flexibility index (Phi) is 4.35. The fourth-order valence-electron chi connectivity index (χ4n) is 4.03. The van der Waals surface area contributed by atoms with Crippen molar-refractivity contribution in [1.82, 2.24) is 10.2 Å². The van der Waals surface area contributed by atoms with E-state index < -0.39 is 5.66 Å². The van der Waals surface area contributed by atoms with Gasteiger partial charge in [-0.3, -0.25) is 9.59 Å². The van der Waals surface area contributed by atoms with Crippen molar-refractivity contribution in [2.75, 3.05) is 25.0 Å². The van der Waals surface area contributed by atoms with Gasteiger partial charge in [0.25, 0.3) is 11.8 Å². The van der Waals surface area contributed by atoms with Crippen LogP contribution in [-0.2, 0) is 0 Å². The zero-order valence-corrected chi connectivity index (χ0v) is 16.2. The number of benzene rings is 2. The highest BCUT2D eigenvalue weighted by molar-refractivity contribution is 6.30. The fourth-order valence-corrected chi connectivity index (χ4v) is 4.16. The molecule has 0 bridgehead atoms. The molecule has 4 rings (SSSR count). The van der Waals surface area contributed by atoms with Gasteiger partial charge in [-0.2, -0.15) is 0 Å². The third-order valence-corrected chi connectivity index (χ3v) is 5.97. The summed E-state index contributed by atoms with van der Waals surface area (Å²) in [6.07, 6.45) is 1.36. The van der Waals surface area contributed by atoms with Gasteiger partial charge in [0.2, 0.25) is 0 Å². The summed E-state index contributed by atoms with van der Waals surface area (Å²) in [7, 11) is 2.02. The molecule has 2 aliphatic rings. The Morgan fingerprint density at radius 3 is 2.44 bits per heavy atom. The summed E-state index contributed by atoms with van der Waals surface area (Å²) in [6, 6.07) is 12.9. The van der Waals surface area contributed by atoms with Crippen LogP contribution >= 0.6 is 11.6 Å². The van der Waals surface area contributed by atoms with Gasteiger partial charge in [0.15, 0.2) is 0 Å². The predicted molar refractivity (Wildman–Crippen MR) is 106 cm³/mol. The molecular weight excluding hydrogens is 362 g/mol. The molecule has 1 fully saturated rings. The fraction of sp³-hybridized carbons (Fsp3) is 0.333. The van der Waals surface area contributed by atoms with E-state index in [-0.39, 0.29) is 11.8 Å². The van der Waals surface area contributed by atoms with Gasteiger partial charge in [-0.05, 0) is 43.3 Å². The summed E-state index contributed by atoms with van der Waals surface area (Å²) in [6.45, 7) is 3.17. The molecule has 1 spiro atoms. The van der Waals surface area contributed by atoms with Crippen LogP contribution < -0.4 is 10.2 Å². The number of carbonyl (C=O) groups excluding carboxylic acids is 2. The Morgan fingerprint density at radius 1 is 1.11 bits per heavy atom. The standard InChI is InChI=1S/C21H22ClN3O2/c1-14-3-8-18-17(13-14)19(26)23-21(24(18)2)9-11-25(12-10-21)20(27)15-4-6-16(22)7-5-15/h3-8,13H,9-12H2,1-2H3,(H,23,26). The van der Waals surface area contributed by atoms with E-state index in [0.29, 0.717) is 42.1 Å². The molecule has 1 saturated heterocycles. The van der Waals surface area contributed by atoms with Gasteiger partial charge in [0, 0.05) is 43.6 Å². The highest BCUT2D eigenvalue weighted by Gasteiger charge is 2.44. The topological polar surface area (TPSA) is 52.7 Å². The maximum atomic E-state index is 12.7. The molecule has 2 amide bonds. The van der Waals surface area contributed by atoms with Gasteiger partial charge in [-0.25, -0.2) is 0 Å². The molecule has 27 heavy (non-hydrogen) atoms. The van der Waals surface area contributed by atoms with E-state index in [9.17, 15) is 9.59 Å². The van der Waals surface area contributed by atoms with Gasteiger partial charge >= 0.3 is 0 Å². The number of hydrogen-bond acceptors (Lipinski definition) is 3. The molecular formula is C21H22ClN3O2. The minimum atomic E-state index is -0.448. The molecule has 2 heterocycles. The van der Waals surface area contributed by atoms with Crippen molar-refractivity contribution in [1.29, 1.82) is 0 Å². The number of amides is 2. The summed E-state index contributed by atoms with van der Waals surface area (Å²) in [5, 5.41) is 3.82. The predicted octanol–water partition coefficient (Wildman–Crippen LogP) is 3.46. The Morgan fingerprint density at radius 2 is 1.78 bits per heavy atom. The van der Waals surface area contributed by atoms with Crippen molar-refractivity contribution < 1.29 is 9.59 Å². The minimum absolute atomic E-state index is 0.00216. The van der Waals surface area contributed by atoms with Gasteiger partial charge in [-0.1, -0.05) is 23.2 Å². The number of fused-ring (bicyclic) bond motifs is 1. The number of likely N-dealkylation sites (tertiary alicyclic amines) is 1. The molecule has 0 atom stereocenters. The number of nitrogens with zero attached hydrogens (tertiary/aromatic N) is 2. The zero-order valence-electron chi connectivity index (χ0n) is 15.5. The Balaban J connectivity index is 1.53. The Bertz CT molecular complexity index is 902. The highest BCUT2D eigenvalue weighted by Crippen LogP contribution is 2.36. The molecule has 0 saturated carbocycles. The number of halogens is 1. The summed E-state index contributed by atoms with van der Waals surface area (Å²) < 4.78 is 0. The summed E-state index contributed by atoms with van der Waals surface area (Å²) in [4.78, 5) is 29.4. The average Bonchev–Trinajstić information content (AvgIpc) is 2.67. The number of rotatable bonds is 1. The Hall–Kier alpha value is -2.53. The maximum Gasteiger partial charge on any atom is 0.255 e. The van der Waals surface area contributed by atoms with Crippen LogP contribution in [0.1, 0.15) is 39.1 Å². The monoisotopic (exact) mass is 383 g/mol. The van der Waals surface area contributed by atoms with E-state index >= 15 is 0 Å².